The maximum Gasteiger partial charge on any atom is 0.154 e. The van der Waals surface area contributed by atoms with Crippen molar-refractivity contribution in [3.05, 3.63) is 24.0 Å². The van der Waals surface area contributed by atoms with Crippen molar-refractivity contribution in [1.82, 2.24) is 4.57 Å². The van der Waals surface area contributed by atoms with Crippen molar-refractivity contribution in [3.8, 4) is 0 Å². The standard InChI is InChI=1S/C11H19NO3S/c1-9(2)16(14,15)8-7-12-6-4-5-11(12)10(3)13/h4-6,9-10,13H,7-8H2,1-3H3. The van der Waals surface area contributed by atoms with Gasteiger partial charge in [-0.3, -0.25) is 0 Å². The van der Waals surface area contributed by atoms with Crippen LogP contribution in [0.4, 0.5) is 0 Å². The molecule has 5 heteroatoms. The largest absolute Gasteiger partial charge is 0.387 e. The SMILES string of the molecule is CC(O)c1cccn1CCS(=O)(=O)C(C)C. The van der Waals surface area contributed by atoms with Crippen LogP contribution in [0.3, 0.4) is 0 Å². The minimum absolute atomic E-state index is 0.110. The molecule has 1 aromatic heterocycles. The van der Waals surface area contributed by atoms with Gasteiger partial charge in [-0.15, -0.1) is 0 Å². The van der Waals surface area contributed by atoms with Gasteiger partial charge in [0.2, 0.25) is 0 Å². The fourth-order valence-corrected chi connectivity index (χ4v) is 2.39. The summed E-state index contributed by atoms with van der Waals surface area (Å²) in [6.45, 7) is 5.43. The monoisotopic (exact) mass is 245 g/mol. The van der Waals surface area contributed by atoms with E-state index in [4.69, 9.17) is 0 Å². The molecule has 0 radical (unpaired) electrons. The van der Waals surface area contributed by atoms with Crippen LogP contribution in [0.2, 0.25) is 0 Å². The van der Waals surface area contributed by atoms with Crippen molar-refractivity contribution in [2.75, 3.05) is 5.75 Å². The number of sulfone groups is 1. The van der Waals surface area contributed by atoms with Gasteiger partial charge in [-0.05, 0) is 32.9 Å². The van der Waals surface area contributed by atoms with Crippen LogP contribution >= 0.6 is 0 Å². The second-order valence-electron chi connectivity index (χ2n) is 4.22. The zero-order valence-corrected chi connectivity index (χ0v) is 10.7. The Morgan fingerprint density at radius 3 is 2.50 bits per heavy atom. The van der Waals surface area contributed by atoms with Crippen LogP contribution in [0.25, 0.3) is 0 Å². The zero-order chi connectivity index (χ0) is 12.3. The lowest BCUT2D eigenvalue weighted by atomic mass is 10.3. The van der Waals surface area contributed by atoms with Gasteiger partial charge in [-0.1, -0.05) is 0 Å². The molecule has 16 heavy (non-hydrogen) atoms. The molecule has 0 aliphatic carbocycles. The lowest BCUT2D eigenvalue weighted by Crippen LogP contribution is -2.21. The Hall–Kier alpha value is -0.810. The Balaban J connectivity index is 2.72. The minimum atomic E-state index is -3.02. The van der Waals surface area contributed by atoms with Gasteiger partial charge in [0.05, 0.1) is 17.1 Å². The summed E-state index contributed by atoms with van der Waals surface area (Å²) in [5.74, 6) is 0.110. The van der Waals surface area contributed by atoms with Gasteiger partial charge in [-0.25, -0.2) is 8.42 Å². The first-order valence-corrected chi connectivity index (χ1v) is 7.11. The van der Waals surface area contributed by atoms with Crippen molar-refractivity contribution >= 4 is 9.84 Å². The van der Waals surface area contributed by atoms with Crippen LogP contribution < -0.4 is 0 Å². The molecule has 0 bridgehead atoms. The molecule has 4 nitrogen and oxygen atoms in total. The van der Waals surface area contributed by atoms with Gasteiger partial charge in [0, 0.05) is 18.4 Å². The number of aliphatic hydroxyl groups is 1. The van der Waals surface area contributed by atoms with E-state index in [1.807, 2.05) is 6.07 Å². The Bertz CT molecular complexity index is 432. The topological polar surface area (TPSA) is 59.3 Å². The highest BCUT2D eigenvalue weighted by molar-refractivity contribution is 7.91. The first kappa shape index (κ1) is 13.3. The number of aliphatic hydroxyl groups excluding tert-OH is 1. The third-order valence-corrected chi connectivity index (χ3v) is 4.82. The number of aromatic nitrogens is 1. The Morgan fingerprint density at radius 2 is 2.00 bits per heavy atom. The number of rotatable bonds is 5. The molecule has 0 aromatic carbocycles. The summed E-state index contributed by atoms with van der Waals surface area (Å²) in [5.41, 5.74) is 0.749. The van der Waals surface area contributed by atoms with Gasteiger partial charge >= 0.3 is 0 Å². The van der Waals surface area contributed by atoms with Crippen LogP contribution in [-0.2, 0) is 16.4 Å². The number of aryl methyl sites for hydroxylation is 1. The highest BCUT2D eigenvalue weighted by atomic mass is 32.2. The van der Waals surface area contributed by atoms with Crippen molar-refractivity contribution < 1.29 is 13.5 Å². The van der Waals surface area contributed by atoms with Crippen LogP contribution in [0.15, 0.2) is 18.3 Å². The van der Waals surface area contributed by atoms with E-state index in [0.717, 1.165) is 5.69 Å². The third-order valence-electron chi connectivity index (χ3n) is 2.63. The molecular formula is C11H19NO3S. The number of hydrogen-bond donors (Lipinski definition) is 1. The molecule has 1 unspecified atom stereocenters. The predicted octanol–water partition coefficient (Wildman–Crippen LogP) is 1.36. The van der Waals surface area contributed by atoms with Gasteiger partial charge in [-0.2, -0.15) is 0 Å². The summed E-state index contributed by atoms with van der Waals surface area (Å²) in [6, 6.07) is 3.61. The van der Waals surface area contributed by atoms with Gasteiger partial charge in [0.25, 0.3) is 0 Å². The summed E-state index contributed by atoms with van der Waals surface area (Å²) in [5, 5.41) is 9.11. The molecule has 1 rings (SSSR count). The molecule has 1 heterocycles. The fraction of sp³-hybridized carbons (Fsp3) is 0.636. The van der Waals surface area contributed by atoms with E-state index in [2.05, 4.69) is 0 Å². The molecular weight excluding hydrogens is 226 g/mol. The second-order valence-corrected chi connectivity index (χ2v) is 6.89. The van der Waals surface area contributed by atoms with E-state index in [-0.39, 0.29) is 11.0 Å². The number of hydrogen-bond acceptors (Lipinski definition) is 3. The molecule has 0 spiro atoms. The summed E-state index contributed by atoms with van der Waals surface area (Å²) in [6.07, 6.45) is 1.22. The first-order chi connectivity index (χ1) is 7.34. The fourth-order valence-electron chi connectivity index (χ4n) is 1.47. The molecule has 0 saturated heterocycles. The summed E-state index contributed by atoms with van der Waals surface area (Å²) >= 11 is 0. The van der Waals surface area contributed by atoms with Crippen molar-refractivity contribution in [1.29, 1.82) is 0 Å². The molecule has 92 valence electrons. The van der Waals surface area contributed by atoms with Crippen LogP contribution in [0, 0.1) is 0 Å². The summed E-state index contributed by atoms with van der Waals surface area (Å²) in [7, 11) is -3.02. The second kappa shape index (κ2) is 5.01. The van der Waals surface area contributed by atoms with Crippen molar-refractivity contribution in [2.24, 2.45) is 0 Å². The van der Waals surface area contributed by atoms with Crippen molar-refractivity contribution in [3.63, 3.8) is 0 Å². The maximum absolute atomic E-state index is 11.6. The molecule has 0 aliphatic rings. The molecule has 0 fully saturated rings. The van der Waals surface area contributed by atoms with E-state index in [1.54, 1.807) is 37.6 Å². The summed E-state index contributed by atoms with van der Waals surface area (Å²) < 4.78 is 25.0. The average molecular weight is 245 g/mol. The average Bonchev–Trinajstić information content (AvgIpc) is 2.62. The normalized spacial score (nSPS) is 14.3. The van der Waals surface area contributed by atoms with E-state index in [9.17, 15) is 13.5 Å². The molecule has 1 atom stereocenters. The zero-order valence-electron chi connectivity index (χ0n) is 9.92. The van der Waals surface area contributed by atoms with Crippen LogP contribution in [-0.4, -0.2) is 29.1 Å². The lowest BCUT2D eigenvalue weighted by molar-refractivity contribution is 0.189. The quantitative estimate of drug-likeness (QED) is 0.852. The van der Waals surface area contributed by atoms with Gasteiger partial charge in [0.1, 0.15) is 0 Å². The Morgan fingerprint density at radius 1 is 1.38 bits per heavy atom. The lowest BCUT2D eigenvalue weighted by Gasteiger charge is -2.12. The minimum Gasteiger partial charge on any atom is -0.387 e. The Labute approximate surface area is 96.8 Å². The molecule has 0 saturated carbocycles. The summed E-state index contributed by atoms with van der Waals surface area (Å²) in [4.78, 5) is 0. The van der Waals surface area contributed by atoms with E-state index in [0.29, 0.717) is 6.54 Å². The Kier molecular flexibility index (Phi) is 4.15. The van der Waals surface area contributed by atoms with E-state index >= 15 is 0 Å². The third kappa shape index (κ3) is 3.09. The van der Waals surface area contributed by atoms with Gasteiger partial charge in [0.15, 0.2) is 9.84 Å². The van der Waals surface area contributed by atoms with Crippen molar-refractivity contribution in [2.45, 2.75) is 38.7 Å². The molecule has 0 aliphatic heterocycles. The first-order valence-electron chi connectivity index (χ1n) is 5.39. The molecule has 1 aromatic rings. The van der Waals surface area contributed by atoms with Gasteiger partial charge < -0.3 is 9.67 Å². The maximum atomic E-state index is 11.6. The van der Waals surface area contributed by atoms with Crippen LogP contribution in [0.5, 0.6) is 0 Å². The van der Waals surface area contributed by atoms with E-state index < -0.39 is 15.9 Å². The number of nitrogens with zero attached hydrogens (tertiary/aromatic N) is 1. The molecule has 0 amide bonds. The highest BCUT2D eigenvalue weighted by Gasteiger charge is 2.16. The predicted molar refractivity (Wildman–Crippen MR) is 64.0 cm³/mol. The van der Waals surface area contributed by atoms with Crippen LogP contribution in [0.1, 0.15) is 32.6 Å². The molecule has 1 N–H and O–H groups in total. The van der Waals surface area contributed by atoms with E-state index in [1.165, 1.54) is 0 Å². The highest BCUT2D eigenvalue weighted by Crippen LogP contribution is 2.13. The smallest absolute Gasteiger partial charge is 0.154 e.